The highest BCUT2D eigenvalue weighted by molar-refractivity contribution is 7.53. The van der Waals surface area contributed by atoms with E-state index < -0.39 is 15.2 Å². The second-order valence-corrected chi connectivity index (χ2v) is 8.69. The van der Waals surface area contributed by atoms with Crippen LogP contribution in [0.2, 0.25) is 0 Å². The maximum absolute atomic E-state index is 12.6. The van der Waals surface area contributed by atoms with E-state index in [1.54, 1.807) is 33.8 Å². The summed E-state index contributed by atoms with van der Waals surface area (Å²) in [6.07, 6.45) is 1.49. The molecule has 7 nitrogen and oxygen atoms in total. The van der Waals surface area contributed by atoms with Gasteiger partial charge >= 0.3 is 15.2 Å². The van der Waals surface area contributed by atoms with Crippen molar-refractivity contribution in [3.05, 3.63) is 23.7 Å². The van der Waals surface area contributed by atoms with Gasteiger partial charge in [-0.3, -0.25) is 9.13 Å². The van der Waals surface area contributed by atoms with E-state index in [0.717, 1.165) is 0 Å². The predicted octanol–water partition coefficient (Wildman–Crippen LogP) is 4.81. The summed E-state index contributed by atoms with van der Waals surface area (Å²) in [4.78, 5) is 0. The fraction of sp³-hybridized carbons (Fsp3) is 0.714. The van der Waals surface area contributed by atoms with Crippen molar-refractivity contribution in [2.24, 2.45) is 0 Å². The van der Waals surface area contributed by atoms with Crippen LogP contribution >= 0.6 is 15.2 Å². The molecule has 0 spiro atoms. The van der Waals surface area contributed by atoms with Gasteiger partial charge in [0.1, 0.15) is 11.9 Å². The smallest absolute Gasteiger partial charge is 0.338 e. The molecule has 0 amide bonds. The van der Waals surface area contributed by atoms with Crippen molar-refractivity contribution in [2.75, 3.05) is 26.4 Å². The molecule has 1 heterocycles. The highest BCUT2D eigenvalue weighted by Crippen LogP contribution is 2.55. The standard InChI is InChI=1S/C14H26O7P2/c1-5-18-22(15,19-6-2)11-13-9-10-17-14(13)12-23(16,20-7-3)21-8-4/h9-10H,5-8,11-12H2,1-4H3. The van der Waals surface area contributed by atoms with E-state index in [9.17, 15) is 9.13 Å². The molecule has 9 heteroatoms. The zero-order valence-corrected chi connectivity index (χ0v) is 15.9. The van der Waals surface area contributed by atoms with Crippen LogP contribution in [0.5, 0.6) is 0 Å². The van der Waals surface area contributed by atoms with Crippen molar-refractivity contribution in [3.8, 4) is 0 Å². The van der Waals surface area contributed by atoms with Crippen LogP contribution in [0, 0.1) is 0 Å². The minimum atomic E-state index is -3.30. The molecule has 0 aliphatic rings. The predicted molar refractivity (Wildman–Crippen MR) is 87.8 cm³/mol. The van der Waals surface area contributed by atoms with Crippen LogP contribution < -0.4 is 0 Å². The van der Waals surface area contributed by atoms with E-state index in [1.807, 2.05) is 0 Å². The van der Waals surface area contributed by atoms with Crippen molar-refractivity contribution in [1.29, 1.82) is 0 Å². The molecule has 0 aliphatic carbocycles. The van der Waals surface area contributed by atoms with Crippen LogP contribution in [0.4, 0.5) is 0 Å². The molecule has 1 rings (SSSR count). The zero-order chi connectivity index (χ0) is 17.3. The number of rotatable bonds is 12. The van der Waals surface area contributed by atoms with Gasteiger partial charge in [0.25, 0.3) is 0 Å². The molecule has 0 aliphatic heterocycles. The van der Waals surface area contributed by atoms with Crippen LogP contribution in [0.25, 0.3) is 0 Å². The lowest BCUT2D eigenvalue weighted by molar-refractivity contribution is 0.215. The zero-order valence-electron chi connectivity index (χ0n) is 14.1. The third-order valence-electron chi connectivity index (χ3n) is 2.84. The van der Waals surface area contributed by atoms with Gasteiger partial charge in [0, 0.05) is 5.56 Å². The Morgan fingerprint density at radius 2 is 1.26 bits per heavy atom. The first kappa shape index (κ1) is 20.6. The van der Waals surface area contributed by atoms with E-state index in [0.29, 0.717) is 11.3 Å². The van der Waals surface area contributed by atoms with Gasteiger partial charge in [0.2, 0.25) is 0 Å². The molecular weight excluding hydrogens is 342 g/mol. The topological polar surface area (TPSA) is 84.2 Å². The van der Waals surface area contributed by atoms with Crippen LogP contribution in [-0.4, -0.2) is 26.4 Å². The summed E-state index contributed by atoms with van der Waals surface area (Å²) in [5.41, 5.74) is 0.620. The first-order valence-corrected chi connectivity index (χ1v) is 11.2. The van der Waals surface area contributed by atoms with Crippen LogP contribution in [0.3, 0.4) is 0 Å². The molecule has 23 heavy (non-hydrogen) atoms. The van der Waals surface area contributed by atoms with E-state index in [1.165, 1.54) is 6.26 Å². The number of hydrogen-bond donors (Lipinski definition) is 0. The Hall–Kier alpha value is -0.420. The lowest BCUT2D eigenvalue weighted by Gasteiger charge is -2.18. The SMILES string of the molecule is CCOP(=O)(Cc1ccoc1CP(=O)(OCC)OCC)OCC. The number of furan rings is 1. The number of hydrogen-bond acceptors (Lipinski definition) is 7. The third kappa shape index (κ3) is 6.54. The maximum atomic E-state index is 12.6. The molecule has 0 saturated heterocycles. The largest absolute Gasteiger partial charge is 0.468 e. The Kier molecular flexibility index (Phi) is 8.76. The van der Waals surface area contributed by atoms with Crippen LogP contribution in [0.15, 0.2) is 16.7 Å². The van der Waals surface area contributed by atoms with Crippen molar-refractivity contribution < 1.29 is 31.6 Å². The van der Waals surface area contributed by atoms with Crippen molar-refractivity contribution in [3.63, 3.8) is 0 Å². The highest BCUT2D eigenvalue weighted by Gasteiger charge is 2.31. The van der Waals surface area contributed by atoms with E-state index in [4.69, 9.17) is 22.5 Å². The second kappa shape index (κ2) is 9.77. The van der Waals surface area contributed by atoms with E-state index >= 15 is 0 Å². The summed E-state index contributed by atoms with van der Waals surface area (Å²) in [7, 11) is -6.56. The molecule has 0 radical (unpaired) electrons. The Morgan fingerprint density at radius 3 is 1.70 bits per heavy atom. The summed E-state index contributed by atoms with van der Waals surface area (Å²) < 4.78 is 51.7. The van der Waals surface area contributed by atoms with Gasteiger partial charge < -0.3 is 22.5 Å². The maximum Gasteiger partial charge on any atom is 0.338 e. The van der Waals surface area contributed by atoms with Gasteiger partial charge in [-0.25, -0.2) is 0 Å². The van der Waals surface area contributed by atoms with Gasteiger partial charge in [-0.15, -0.1) is 0 Å². The van der Waals surface area contributed by atoms with Gasteiger partial charge in [0.15, 0.2) is 0 Å². The average molecular weight is 368 g/mol. The fourth-order valence-electron chi connectivity index (χ4n) is 2.08. The summed E-state index contributed by atoms with van der Waals surface area (Å²) >= 11 is 0. The molecule has 0 saturated carbocycles. The molecule has 134 valence electrons. The molecular formula is C14H26O7P2. The van der Waals surface area contributed by atoms with Gasteiger partial charge in [-0.05, 0) is 33.8 Å². The molecule has 0 aromatic carbocycles. The normalized spacial score (nSPS) is 12.7. The summed E-state index contributed by atoms with van der Waals surface area (Å²) in [5, 5.41) is 0. The molecule has 0 atom stereocenters. The van der Waals surface area contributed by atoms with Gasteiger partial charge in [-0.2, -0.15) is 0 Å². The monoisotopic (exact) mass is 368 g/mol. The summed E-state index contributed by atoms with van der Waals surface area (Å²) in [6, 6.07) is 1.67. The Balaban J connectivity index is 2.94. The molecule has 1 aromatic heterocycles. The van der Waals surface area contributed by atoms with Crippen LogP contribution in [0.1, 0.15) is 39.0 Å². The van der Waals surface area contributed by atoms with Crippen molar-refractivity contribution in [1.82, 2.24) is 0 Å². The molecule has 0 bridgehead atoms. The third-order valence-corrected chi connectivity index (χ3v) is 6.85. The molecule has 0 N–H and O–H groups in total. The average Bonchev–Trinajstić information content (AvgIpc) is 2.86. The lowest BCUT2D eigenvalue weighted by Crippen LogP contribution is -2.02. The summed E-state index contributed by atoms with van der Waals surface area (Å²) in [5.74, 6) is 0.412. The summed E-state index contributed by atoms with van der Waals surface area (Å²) in [6.45, 7) is 8.08. The second-order valence-electron chi connectivity index (χ2n) is 4.58. The van der Waals surface area contributed by atoms with Crippen molar-refractivity contribution in [2.45, 2.75) is 40.0 Å². The molecule has 0 fully saturated rings. The van der Waals surface area contributed by atoms with Gasteiger partial charge in [-0.1, -0.05) is 0 Å². The first-order chi connectivity index (χ1) is 10.9. The van der Waals surface area contributed by atoms with Crippen molar-refractivity contribution >= 4 is 15.2 Å². The highest BCUT2D eigenvalue weighted by atomic mass is 31.2. The van der Waals surface area contributed by atoms with E-state index in [-0.39, 0.29) is 38.8 Å². The Labute approximate surface area is 137 Å². The minimum absolute atomic E-state index is 0.0186. The molecule has 1 aromatic rings. The Morgan fingerprint density at radius 1 is 0.826 bits per heavy atom. The fourth-order valence-corrected chi connectivity index (χ4v) is 5.49. The molecule has 0 unspecified atom stereocenters. The lowest BCUT2D eigenvalue weighted by atomic mass is 10.3. The minimum Gasteiger partial charge on any atom is -0.468 e. The first-order valence-electron chi connectivity index (χ1n) is 7.73. The van der Waals surface area contributed by atoms with Crippen LogP contribution in [-0.2, 0) is 39.5 Å². The van der Waals surface area contributed by atoms with Gasteiger partial charge in [0.05, 0.1) is 38.9 Å². The quantitative estimate of drug-likeness (QED) is 0.489. The Bertz CT molecular complexity index is 489. The van der Waals surface area contributed by atoms with E-state index in [2.05, 4.69) is 0 Å².